The molecule has 0 heterocycles. The standard InChI is InChI=1S/C4HN3O2/c5-1-4(2-6)3-7(8)9/h3H. The molecule has 0 aromatic heterocycles. The third-order valence-electron chi connectivity index (χ3n) is 0.475. The Bertz CT molecular complexity index is 213. The van der Waals surface area contributed by atoms with Crippen LogP contribution in [-0.2, 0) is 0 Å². The van der Waals surface area contributed by atoms with Gasteiger partial charge in [0.1, 0.15) is 12.1 Å². The molecule has 0 atom stereocenters. The molecule has 0 amide bonds. The van der Waals surface area contributed by atoms with Crippen LogP contribution in [0.15, 0.2) is 11.8 Å². The van der Waals surface area contributed by atoms with Crippen molar-refractivity contribution in [3.05, 3.63) is 21.9 Å². The number of hydrogen-bond donors (Lipinski definition) is 0. The molecule has 0 aliphatic rings. The number of allylic oxidation sites excluding steroid dienone is 1. The fourth-order valence-corrected chi connectivity index (χ4v) is 0.188. The van der Waals surface area contributed by atoms with E-state index in [-0.39, 0.29) is 0 Å². The summed E-state index contributed by atoms with van der Waals surface area (Å²) in [5.74, 6) is 0. The fourth-order valence-electron chi connectivity index (χ4n) is 0.188. The van der Waals surface area contributed by atoms with Crippen molar-refractivity contribution >= 4 is 0 Å². The summed E-state index contributed by atoms with van der Waals surface area (Å²) in [5.41, 5.74) is -0.500. The summed E-state index contributed by atoms with van der Waals surface area (Å²) in [4.78, 5) is 8.71. The number of nitriles is 2. The van der Waals surface area contributed by atoms with E-state index >= 15 is 0 Å². The topological polar surface area (TPSA) is 90.7 Å². The van der Waals surface area contributed by atoms with Crippen molar-refractivity contribution in [1.82, 2.24) is 0 Å². The lowest BCUT2D eigenvalue weighted by atomic mass is 10.4. The van der Waals surface area contributed by atoms with Gasteiger partial charge in [0.15, 0.2) is 5.57 Å². The zero-order valence-corrected chi connectivity index (χ0v) is 4.24. The van der Waals surface area contributed by atoms with Gasteiger partial charge in [-0.05, 0) is 0 Å². The first-order valence-corrected chi connectivity index (χ1v) is 1.86. The SMILES string of the molecule is N#CC(C#N)=C[N+](=O)[O-]. The summed E-state index contributed by atoms with van der Waals surface area (Å²) in [7, 11) is 0. The Morgan fingerprint density at radius 3 is 2.11 bits per heavy atom. The van der Waals surface area contributed by atoms with Gasteiger partial charge in [-0.1, -0.05) is 0 Å². The lowest BCUT2D eigenvalue weighted by molar-refractivity contribution is -0.402. The van der Waals surface area contributed by atoms with Gasteiger partial charge in [0.25, 0.3) is 6.20 Å². The molecule has 0 aliphatic carbocycles. The minimum absolute atomic E-state index is 0.361. The zero-order chi connectivity index (χ0) is 7.28. The smallest absolute Gasteiger partial charge is 0.259 e. The highest BCUT2D eigenvalue weighted by molar-refractivity contribution is 5.32. The van der Waals surface area contributed by atoms with E-state index < -0.39 is 10.5 Å². The van der Waals surface area contributed by atoms with Gasteiger partial charge in [0.2, 0.25) is 0 Å². The van der Waals surface area contributed by atoms with Crippen LogP contribution in [0.3, 0.4) is 0 Å². The normalized spacial score (nSPS) is 6.44. The summed E-state index contributed by atoms with van der Waals surface area (Å²) in [6.45, 7) is 0. The van der Waals surface area contributed by atoms with Crippen molar-refractivity contribution in [2.75, 3.05) is 0 Å². The summed E-state index contributed by atoms with van der Waals surface area (Å²) < 4.78 is 0. The lowest BCUT2D eigenvalue weighted by Crippen LogP contribution is -1.85. The minimum Gasteiger partial charge on any atom is -0.259 e. The van der Waals surface area contributed by atoms with Gasteiger partial charge in [0.05, 0.1) is 4.92 Å². The lowest BCUT2D eigenvalue weighted by Gasteiger charge is -1.73. The molecule has 0 aromatic carbocycles. The second kappa shape index (κ2) is 3.16. The van der Waals surface area contributed by atoms with Crippen LogP contribution in [0.4, 0.5) is 0 Å². The van der Waals surface area contributed by atoms with Gasteiger partial charge in [-0.2, -0.15) is 10.5 Å². The Morgan fingerprint density at radius 1 is 1.56 bits per heavy atom. The van der Waals surface area contributed by atoms with Crippen LogP contribution in [0.25, 0.3) is 0 Å². The molecule has 5 nitrogen and oxygen atoms in total. The third kappa shape index (κ3) is 2.77. The summed E-state index contributed by atoms with van der Waals surface area (Å²) in [6, 6.07) is 2.68. The molecule has 44 valence electrons. The molecule has 0 bridgehead atoms. The average molecular weight is 123 g/mol. The molecule has 9 heavy (non-hydrogen) atoms. The van der Waals surface area contributed by atoms with E-state index in [1.165, 1.54) is 12.1 Å². The van der Waals surface area contributed by atoms with Crippen LogP contribution in [-0.4, -0.2) is 4.92 Å². The van der Waals surface area contributed by atoms with Crippen molar-refractivity contribution in [3.8, 4) is 12.1 Å². The fraction of sp³-hybridized carbons (Fsp3) is 0. The maximum absolute atomic E-state index is 9.55. The predicted molar refractivity (Wildman–Crippen MR) is 26.3 cm³/mol. The summed E-state index contributed by atoms with van der Waals surface area (Å²) in [5, 5.41) is 25.4. The van der Waals surface area contributed by atoms with Gasteiger partial charge in [-0.25, -0.2) is 0 Å². The van der Waals surface area contributed by atoms with Crippen molar-refractivity contribution in [2.45, 2.75) is 0 Å². The van der Waals surface area contributed by atoms with Crippen molar-refractivity contribution < 1.29 is 4.92 Å². The van der Waals surface area contributed by atoms with Gasteiger partial charge in [-0.3, -0.25) is 10.1 Å². The monoisotopic (exact) mass is 123 g/mol. The second-order valence-electron chi connectivity index (χ2n) is 1.05. The van der Waals surface area contributed by atoms with Crippen molar-refractivity contribution in [3.63, 3.8) is 0 Å². The van der Waals surface area contributed by atoms with E-state index in [9.17, 15) is 10.1 Å². The predicted octanol–water partition coefficient (Wildman–Crippen LogP) is 0.194. The van der Waals surface area contributed by atoms with Gasteiger partial charge < -0.3 is 0 Å². The molecule has 0 saturated carbocycles. The Kier molecular flexibility index (Phi) is 2.50. The average Bonchev–Trinajstić information content (AvgIpc) is 1.82. The molecule has 0 rings (SSSR count). The van der Waals surface area contributed by atoms with E-state index in [0.717, 1.165) is 0 Å². The van der Waals surface area contributed by atoms with E-state index in [0.29, 0.717) is 6.20 Å². The second-order valence-corrected chi connectivity index (χ2v) is 1.05. The molecule has 5 heteroatoms. The largest absolute Gasteiger partial charge is 0.262 e. The molecule has 0 fully saturated rings. The molecule has 0 radical (unpaired) electrons. The first kappa shape index (κ1) is 7.12. The minimum atomic E-state index is -0.845. The number of hydrogen-bond acceptors (Lipinski definition) is 4. The van der Waals surface area contributed by atoms with Gasteiger partial charge >= 0.3 is 0 Å². The van der Waals surface area contributed by atoms with Crippen LogP contribution in [0.1, 0.15) is 0 Å². The van der Waals surface area contributed by atoms with E-state index in [4.69, 9.17) is 10.5 Å². The molecule has 0 spiro atoms. The third-order valence-corrected chi connectivity index (χ3v) is 0.475. The number of nitro groups is 1. The Hall–Kier alpha value is -1.88. The molecule has 0 N–H and O–H groups in total. The molecule has 0 aliphatic heterocycles. The number of rotatable bonds is 1. The van der Waals surface area contributed by atoms with Crippen molar-refractivity contribution in [2.24, 2.45) is 0 Å². The van der Waals surface area contributed by atoms with E-state index in [1.807, 2.05) is 0 Å². The van der Waals surface area contributed by atoms with E-state index in [1.54, 1.807) is 0 Å². The van der Waals surface area contributed by atoms with Crippen LogP contribution in [0.2, 0.25) is 0 Å². The quantitative estimate of drug-likeness (QED) is 0.282. The Labute approximate surface area is 50.6 Å². The van der Waals surface area contributed by atoms with Gasteiger partial charge in [-0.15, -0.1) is 0 Å². The van der Waals surface area contributed by atoms with Crippen molar-refractivity contribution in [1.29, 1.82) is 10.5 Å². The van der Waals surface area contributed by atoms with Crippen LogP contribution < -0.4 is 0 Å². The first-order chi connectivity index (χ1) is 4.20. The summed E-state index contributed by atoms with van der Waals surface area (Å²) in [6.07, 6.45) is 0.361. The zero-order valence-electron chi connectivity index (χ0n) is 4.24. The van der Waals surface area contributed by atoms with Crippen LogP contribution >= 0.6 is 0 Å². The molecular formula is C4HN3O2. The Balaban J connectivity index is 4.37. The highest BCUT2D eigenvalue weighted by Gasteiger charge is 1.96. The molecular weight excluding hydrogens is 122 g/mol. The summed E-state index contributed by atoms with van der Waals surface area (Å²) >= 11 is 0. The first-order valence-electron chi connectivity index (χ1n) is 1.86. The van der Waals surface area contributed by atoms with Crippen LogP contribution in [0.5, 0.6) is 0 Å². The molecule has 0 unspecified atom stereocenters. The molecule has 0 aromatic rings. The highest BCUT2D eigenvalue weighted by Crippen LogP contribution is 1.86. The van der Waals surface area contributed by atoms with Gasteiger partial charge in [0, 0.05) is 0 Å². The van der Waals surface area contributed by atoms with E-state index in [2.05, 4.69) is 0 Å². The molecule has 0 saturated heterocycles. The highest BCUT2D eigenvalue weighted by atomic mass is 16.6. The van der Waals surface area contributed by atoms with Crippen LogP contribution in [0, 0.1) is 32.8 Å². The maximum Gasteiger partial charge on any atom is 0.262 e. The maximum atomic E-state index is 9.55. The number of nitrogens with zero attached hydrogens (tertiary/aromatic N) is 3. The Morgan fingerprint density at radius 2 is 2.00 bits per heavy atom.